The number of anilines is 1. The van der Waals surface area contributed by atoms with Crippen molar-refractivity contribution in [2.45, 2.75) is 39.5 Å². The van der Waals surface area contributed by atoms with Gasteiger partial charge in [0, 0.05) is 35.9 Å². The third kappa shape index (κ3) is 8.23. The van der Waals surface area contributed by atoms with Crippen LogP contribution in [0.5, 0.6) is 0 Å². The highest BCUT2D eigenvalue weighted by Crippen LogP contribution is 2.10. The zero-order valence-corrected chi connectivity index (χ0v) is 15.0. The topological polar surface area (TPSA) is 113 Å². The summed E-state index contributed by atoms with van der Waals surface area (Å²) >= 11 is 0. The zero-order valence-electron chi connectivity index (χ0n) is 15.0. The maximum absolute atomic E-state index is 11.9. The monoisotopic (exact) mass is 360 g/mol. The lowest BCUT2D eigenvalue weighted by Gasteiger charge is -2.06. The van der Waals surface area contributed by atoms with Crippen LogP contribution in [0.1, 0.15) is 49.9 Å². The van der Waals surface area contributed by atoms with Gasteiger partial charge in [-0.2, -0.15) is 0 Å². The average Bonchev–Trinajstić information content (AvgIpc) is 2.57. The minimum atomic E-state index is -0.824. The van der Waals surface area contributed by atoms with Gasteiger partial charge in [-0.1, -0.05) is 6.42 Å². The Morgan fingerprint density at radius 3 is 2.23 bits per heavy atom. The molecule has 140 valence electrons. The normalized spacial score (nSPS) is 10.9. The molecule has 2 amide bonds. The van der Waals surface area contributed by atoms with Gasteiger partial charge in [-0.3, -0.25) is 19.2 Å². The van der Waals surface area contributed by atoms with Crippen molar-refractivity contribution < 1.29 is 24.3 Å². The number of carboxylic acid groups (broad SMARTS) is 1. The Labute approximate surface area is 152 Å². The zero-order chi connectivity index (χ0) is 19.5. The number of amides is 2. The van der Waals surface area contributed by atoms with E-state index >= 15 is 0 Å². The number of benzene rings is 1. The van der Waals surface area contributed by atoms with E-state index in [9.17, 15) is 19.2 Å². The maximum Gasteiger partial charge on any atom is 0.303 e. The van der Waals surface area contributed by atoms with Crippen molar-refractivity contribution >= 4 is 29.3 Å². The SMILES string of the molecule is CC(=O)c1ccc(NC(=O)/C=C(\C)C(=O)NCCCCCC(=O)O)cc1. The number of carbonyl (C=O) groups is 4. The fourth-order valence-electron chi connectivity index (χ4n) is 2.15. The van der Waals surface area contributed by atoms with Gasteiger partial charge in [-0.15, -0.1) is 0 Å². The summed E-state index contributed by atoms with van der Waals surface area (Å²) in [4.78, 5) is 45.4. The molecule has 0 bridgehead atoms. The van der Waals surface area contributed by atoms with Gasteiger partial charge in [-0.25, -0.2) is 0 Å². The van der Waals surface area contributed by atoms with Gasteiger partial charge in [0.25, 0.3) is 0 Å². The van der Waals surface area contributed by atoms with Gasteiger partial charge < -0.3 is 15.7 Å². The molecule has 0 radical (unpaired) electrons. The third-order valence-corrected chi connectivity index (χ3v) is 3.62. The molecule has 3 N–H and O–H groups in total. The molecule has 0 heterocycles. The smallest absolute Gasteiger partial charge is 0.303 e. The average molecular weight is 360 g/mol. The first-order chi connectivity index (χ1) is 12.3. The molecular formula is C19H24N2O5. The van der Waals surface area contributed by atoms with Crippen LogP contribution in [0.3, 0.4) is 0 Å². The third-order valence-electron chi connectivity index (χ3n) is 3.62. The largest absolute Gasteiger partial charge is 0.481 e. The summed E-state index contributed by atoms with van der Waals surface area (Å²) in [7, 11) is 0. The lowest BCUT2D eigenvalue weighted by atomic mass is 10.1. The van der Waals surface area contributed by atoms with Crippen LogP contribution in [0.2, 0.25) is 0 Å². The van der Waals surface area contributed by atoms with Crippen molar-refractivity contribution in [2.75, 3.05) is 11.9 Å². The Bertz CT molecular complexity index is 692. The van der Waals surface area contributed by atoms with Crippen LogP contribution in [-0.2, 0) is 14.4 Å². The molecule has 0 spiro atoms. The summed E-state index contributed by atoms with van der Waals surface area (Å²) in [5, 5.41) is 13.8. The van der Waals surface area contributed by atoms with E-state index in [2.05, 4.69) is 10.6 Å². The molecule has 0 unspecified atom stereocenters. The van der Waals surface area contributed by atoms with Gasteiger partial charge in [0.2, 0.25) is 11.8 Å². The Balaban J connectivity index is 2.39. The summed E-state index contributed by atoms with van der Waals surface area (Å²) in [5.41, 5.74) is 1.36. The highest BCUT2D eigenvalue weighted by Gasteiger charge is 2.07. The molecule has 7 heteroatoms. The predicted molar refractivity (Wildman–Crippen MR) is 97.9 cm³/mol. The fraction of sp³-hybridized carbons (Fsp3) is 0.368. The number of hydrogen-bond acceptors (Lipinski definition) is 4. The van der Waals surface area contributed by atoms with E-state index in [1.54, 1.807) is 24.3 Å². The van der Waals surface area contributed by atoms with E-state index < -0.39 is 11.9 Å². The molecule has 1 rings (SSSR count). The molecule has 26 heavy (non-hydrogen) atoms. The number of carbonyl (C=O) groups excluding carboxylic acids is 3. The van der Waals surface area contributed by atoms with E-state index in [0.717, 1.165) is 0 Å². The Kier molecular flexibility index (Phi) is 8.77. The van der Waals surface area contributed by atoms with Crippen LogP contribution < -0.4 is 10.6 Å². The second-order valence-corrected chi connectivity index (χ2v) is 5.91. The van der Waals surface area contributed by atoms with E-state index in [-0.39, 0.29) is 23.7 Å². The molecule has 0 aliphatic heterocycles. The minimum Gasteiger partial charge on any atom is -0.481 e. The van der Waals surface area contributed by atoms with Gasteiger partial charge in [0.15, 0.2) is 5.78 Å². The highest BCUT2D eigenvalue weighted by atomic mass is 16.4. The molecule has 0 aliphatic carbocycles. The van der Waals surface area contributed by atoms with E-state index in [1.807, 2.05) is 0 Å². The van der Waals surface area contributed by atoms with Crippen LogP contribution in [0.4, 0.5) is 5.69 Å². The number of ketones is 1. The lowest BCUT2D eigenvalue weighted by Crippen LogP contribution is -2.26. The lowest BCUT2D eigenvalue weighted by molar-refractivity contribution is -0.137. The molecular weight excluding hydrogens is 336 g/mol. The predicted octanol–water partition coefficient (Wildman–Crippen LogP) is 2.54. The first-order valence-electron chi connectivity index (χ1n) is 8.40. The second kappa shape index (κ2) is 10.8. The summed E-state index contributed by atoms with van der Waals surface area (Å²) in [5.74, 6) is -1.66. The Morgan fingerprint density at radius 2 is 1.65 bits per heavy atom. The van der Waals surface area contributed by atoms with Crippen LogP contribution in [0.25, 0.3) is 0 Å². The number of hydrogen-bond donors (Lipinski definition) is 3. The number of Topliss-reactive ketones (excluding diaryl/α,β-unsaturated/α-hetero) is 1. The minimum absolute atomic E-state index is 0.0572. The molecule has 0 aromatic heterocycles. The summed E-state index contributed by atoms with van der Waals surface area (Å²) in [6.07, 6.45) is 3.30. The highest BCUT2D eigenvalue weighted by molar-refractivity contribution is 6.06. The molecule has 0 fully saturated rings. The van der Waals surface area contributed by atoms with Gasteiger partial charge in [0.1, 0.15) is 0 Å². The Morgan fingerprint density at radius 1 is 1.00 bits per heavy atom. The van der Waals surface area contributed by atoms with Crippen LogP contribution in [0.15, 0.2) is 35.9 Å². The maximum atomic E-state index is 11.9. The van der Waals surface area contributed by atoms with Crippen molar-refractivity contribution in [1.29, 1.82) is 0 Å². The van der Waals surface area contributed by atoms with Crippen molar-refractivity contribution in [3.05, 3.63) is 41.5 Å². The summed E-state index contributed by atoms with van der Waals surface area (Å²) < 4.78 is 0. The number of rotatable bonds is 10. The second-order valence-electron chi connectivity index (χ2n) is 5.91. The van der Waals surface area contributed by atoms with Crippen LogP contribution in [-0.4, -0.2) is 35.2 Å². The molecule has 0 aliphatic rings. The molecule has 7 nitrogen and oxygen atoms in total. The quantitative estimate of drug-likeness (QED) is 0.337. The molecule has 0 saturated heterocycles. The van der Waals surface area contributed by atoms with Gasteiger partial charge in [-0.05, 0) is 51.0 Å². The van der Waals surface area contributed by atoms with Crippen molar-refractivity contribution in [1.82, 2.24) is 5.32 Å². The first-order valence-corrected chi connectivity index (χ1v) is 8.40. The van der Waals surface area contributed by atoms with Crippen molar-refractivity contribution in [2.24, 2.45) is 0 Å². The van der Waals surface area contributed by atoms with Crippen molar-refractivity contribution in [3.63, 3.8) is 0 Å². The summed E-state index contributed by atoms with van der Waals surface area (Å²) in [6, 6.07) is 6.47. The molecule has 0 saturated carbocycles. The van der Waals surface area contributed by atoms with Crippen molar-refractivity contribution in [3.8, 4) is 0 Å². The van der Waals surface area contributed by atoms with Crippen LogP contribution in [0, 0.1) is 0 Å². The van der Waals surface area contributed by atoms with Crippen LogP contribution >= 0.6 is 0 Å². The number of nitrogens with one attached hydrogen (secondary N) is 2. The molecule has 0 atom stereocenters. The van der Waals surface area contributed by atoms with Gasteiger partial charge >= 0.3 is 5.97 Å². The number of aliphatic carboxylic acids is 1. The Hall–Kier alpha value is -2.96. The standard InChI is InChI=1S/C19H24N2O5/c1-13(19(26)20-11-5-3-4-6-18(24)25)12-17(23)21-16-9-7-15(8-10-16)14(2)22/h7-10,12H,3-6,11H2,1-2H3,(H,20,26)(H,21,23)(H,24,25)/b13-12+. The fourth-order valence-corrected chi connectivity index (χ4v) is 2.15. The van der Waals surface area contributed by atoms with E-state index in [4.69, 9.17) is 5.11 Å². The molecule has 1 aromatic rings. The first kappa shape index (κ1) is 21.1. The van der Waals surface area contributed by atoms with E-state index in [0.29, 0.717) is 37.1 Å². The number of carboxylic acids is 1. The summed E-state index contributed by atoms with van der Waals surface area (Å²) in [6.45, 7) is 3.43. The van der Waals surface area contributed by atoms with E-state index in [1.165, 1.54) is 19.9 Å². The van der Waals surface area contributed by atoms with Gasteiger partial charge in [0.05, 0.1) is 0 Å². The molecule has 1 aromatic carbocycles. The number of unbranched alkanes of at least 4 members (excludes halogenated alkanes) is 2.